The largest absolute Gasteiger partial charge is 0.452 e. The van der Waals surface area contributed by atoms with Gasteiger partial charge in [0, 0.05) is 11.8 Å². The Hall–Kier alpha value is -2.12. The van der Waals surface area contributed by atoms with Crippen molar-refractivity contribution >= 4 is 51.2 Å². The van der Waals surface area contributed by atoms with Gasteiger partial charge < -0.3 is 14.5 Å². The third-order valence-corrected chi connectivity index (χ3v) is 3.24. The number of furan rings is 1. The second-order valence-corrected chi connectivity index (χ2v) is 5.45. The number of esters is 1. The summed E-state index contributed by atoms with van der Waals surface area (Å²) in [6, 6.07) is 7.04. The molecule has 5 nitrogen and oxygen atoms in total. The molecule has 1 heterocycles. The van der Waals surface area contributed by atoms with Crippen LogP contribution in [0.5, 0.6) is 0 Å². The molecule has 8 heteroatoms. The zero-order valence-electron chi connectivity index (χ0n) is 11.5. The maximum absolute atomic E-state index is 13.0. The van der Waals surface area contributed by atoms with Crippen LogP contribution in [0.1, 0.15) is 5.76 Å². The minimum absolute atomic E-state index is 0.118. The molecule has 2 rings (SSSR count). The molecule has 0 aliphatic heterocycles. The van der Waals surface area contributed by atoms with E-state index in [-0.39, 0.29) is 5.02 Å². The van der Waals surface area contributed by atoms with Crippen LogP contribution in [0.4, 0.5) is 10.1 Å². The first kappa shape index (κ1) is 17.2. The molecule has 0 saturated heterocycles. The standard InChI is InChI=1S/C15H10BrClFNO4/c16-13-5-2-10(23-13)3-6-15(21)22-8-14(20)19-9-1-4-12(18)11(17)7-9/h1-7H,8H2,(H,19,20). The zero-order chi connectivity index (χ0) is 16.8. The molecule has 1 amide bonds. The van der Waals surface area contributed by atoms with Crippen molar-refractivity contribution in [2.24, 2.45) is 0 Å². The molecule has 2 aromatic rings. The van der Waals surface area contributed by atoms with E-state index in [2.05, 4.69) is 21.2 Å². The quantitative estimate of drug-likeness (QED) is 0.606. The molecule has 0 radical (unpaired) electrons. The predicted octanol–water partition coefficient (Wildman–Crippen LogP) is 4.03. The van der Waals surface area contributed by atoms with Crippen molar-refractivity contribution in [2.45, 2.75) is 0 Å². The van der Waals surface area contributed by atoms with Gasteiger partial charge in [-0.3, -0.25) is 4.79 Å². The van der Waals surface area contributed by atoms with Crippen molar-refractivity contribution in [1.82, 2.24) is 0 Å². The van der Waals surface area contributed by atoms with Gasteiger partial charge in [0.25, 0.3) is 5.91 Å². The fraction of sp³-hybridized carbons (Fsp3) is 0.0667. The molecule has 0 bridgehead atoms. The normalized spacial score (nSPS) is 10.7. The van der Waals surface area contributed by atoms with Crippen molar-refractivity contribution in [3.05, 3.63) is 57.7 Å². The van der Waals surface area contributed by atoms with E-state index >= 15 is 0 Å². The van der Waals surface area contributed by atoms with E-state index in [1.807, 2.05) is 0 Å². The molecular weight excluding hydrogens is 393 g/mol. The maximum atomic E-state index is 13.0. The minimum atomic E-state index is -0.704. The molecule has 1 aromatic carbocycles. The number of benzene rings is 1. The second-order valence-electron chi connectivity index (χ2n) is 4.26. The minimum Gasteiger partial charge on any atom is -0.452 e. The Bertz CT molecular complexity index is 760. The number of halogens is 3. The van der Waals surface area contributed by atoms with Gasteiger partial charge in [0.2, 0.25) is 0 Å². The van der Waals surface area contributed by atoms with Crippen molar-refractivity contribution in [3.8, 4) is 0 Å². The number of rotatable bonds is 5. The number of carbonyl (C=O) groups is 2. The highest BCUT2D eigenvalue weighted by Crippen LogP contribution is 2.19. The van der Waals surface area contributed by atoms with Crippen molar-refractivity contribution in [3.63, 3.8) is 0 Å². The summed E-state index contributed by atoms with van der Waals surface area (Å²) in [7, 11) is 0. The molecule has 0 saturated carbocycles. The lowest BCUT2D eigenvalue weighted by Gasteiger charge is -2.06. The topological polar surface area (TPSA) is 68.5 Å². The molecule has 1 aromatic heterocycles. The number of ether oxygens (including phenoxy) is 1. The number of carbonyl (C=O) groups excluding carboxylic acids is 2. The van der Waals surface area contributed by atoms with Crippen LogP contribution < -0.4 is 5.32 Å². The molecule has 0 aliphatic rings. The number of hydrogen-bond acceptors (Lipinski definition) is 4. The zero-order valence-corrected chi connectivity index (χ0v) is 13.9. The Kier molecular flexibility index (Phi) is 5.95. The van der Waals surface area contributed by atoms with Crippen LogP contribution in [0.25, 0.3) is 6.08 Å². The van der Waals surface area contributed by atoms with Crippen LogP contribution in [0, 0.1) is 5.82 Å². The van der Waals surface area contributed by atoms with E-state index in [4.69, 9.17) is 20.8 Å². The van der Waals surface area contributed by atoms with Crippen molar-refractivity contribution in [2.75, 3.05) is 11.9 Å². The van der Waals surface area contributed by atoms with Crippen LogP contribution in [0.2, 0.25) is 5.02 Å². The van der Waals surface area contributed by atoms with Gasteiger partial charge in [-0.25, -0.2) is 9.18 Å². The third-order valence-electron chi connectivity index (χ3n) is 2.53. The van der Waals surface area contributed by atoms with Gasteiger partial charge in [-0.1, -0.05) is 11.6 Å². The summed E-state index contributed by atoms with van der Waals surface area (Å²) in [5.41, 5.74) is 0.299. The van der Waals surface area contributed by atoms with E-state index in [0.717, 1.165) is 12.1 Å². The monoisotopic (exact) mass is 401 g/mol. The fourth-order valence-electron chi connectivity index (χ4n) is 1.52. The van der Waals surface area contributed by atoms with Crippen LogP contribution in [-0.4, -0.2) is 18.5 Å². The van der Waals surface area contributed by atoms with Crippen LogP contribution >= 0.6 is 27.5 Å². The van der Waals surface area contributed by atoms with Gasteiger partial charge in [0.05, 0.1) is 5.02 Å². The van der Waals surface area contributed by atoms with Gasteiger partial charge in [0.15, 0.2) is 11.3 Å². The van der Waals surface area contributed by atoms with Gasteiger partial charge >= 0.3 is 5.97 Å². The highest BCUT2D eigenvalue weighted by Gasteiger charge is 2.07. The van der Waals surface area contributed by atoms with E-state index < -0.39 is 24.3 Å². The van der Waals surface area contributed by atoms with E-state index in [0.29, 0.717) is 16.1 Å². The summed E-state index contributed by atoms with van der Waals surface area (Å²) in [6.07, 6.45) is 2.54. The summed E-state index contributed by atoms with van der Waals surface area (Å²) in [6.45, 7) is -0.486. The number of nitrogens with one attached hydrogen (secondary N) is 1. The summed E-state index contributed by atoms with van der Waals surface area (Å²) in [5.74, 6) is -1.41. The Balaban J connectivity index is 1.80. The first-order valence-electron chi connectivity index (χ1n) is 6.29. The second kappa shape index (κ2) is 7.94. The fourth-order valence-corrected chi connectivity index (χ4v) is 2.02. The highest BCUT2D eigenvalue weighted by atomic mass is 79.9. The maximum Gasteiger partial charge on any atom is 0.331 e. The lowest BCUT2D eigenvalue weighted by molar-refractivity contribution is -0.142. The number of anilines is 1. The lowest BCUT2D eigenvalue weighted by Crippen LogP contribution is -2.20. The van der Waals surface area contributed by atoms with Crippen LogP contribution in [0.15, 0.2) is 45.5 Å². The van der Waals surface area contributed by atoms with Crippen LogP contribution in [-0.2, 0) is 14.3 Å². The van der Waals surface area contributed by atoms with Gasteiger partial charge in [-0.05, 0) is 52.3 Å². The van der Waals surface area contributed by atoms with E-state index in [1.54, 1.807) is 12.1 Å². The molecule has 0 unspecified atom stereocenters. The number of hydrogen-bond donors (Lipinski definition) is 1. The highest BCUT2D eigenvalue weighted by molar-refractivity contribution is 9.10. The van der Waals surface area contributed by atoms with Gasteiger partial charge in [0.1, 0.15) is 11.6 Å². The Morgan fingerprint density at radius 1 is 1.35 bits per heavy atom. The molecule has 0 aliphatic carbocycles. The lowest BCUT2D eigenvalue weighted by atomic mass is 10.3. The van der Waals surface area contributed by atoms with Crippen molar-refractivity contribution in [1.29, 1.82) is 0 Å². The Morgan fingerprint density at radius 2 is 2.13 bits per heavy atom. The Labute approximate surface area is 144 Å². The Morgan fingerprint density at radius 3 is 2.78 bits per heavy atom. The molecule has 120 valence electrons. The molecule has 0 spiro atoms. The van der Waals surface area contributed by atoms with Crippen molar-refractivity contribution < 1.29 is 23.1 Å². The average molecular weight is 403 g/mol. The first-order chi connectivity index (χ1) is 10.9. The molecule has 0 fully saturated rings. The first-order valence-corrected chi connectivity index (χ1v) is 7.46. The third kappa shape index (κ3) is 5.54. The SMILES string of the molecule is O=C(COC(=O)C=Cc1ccc(Br)o1)Nc1ccc(F)c(Cl)c1. The number of amides is 1. The van der Waals surface area contributed by atoms with Gasteiger partial charge in [-0.15, -0.1) is 0 Å². The molecule has 0 atom stereocenters. The van der Waals surface area contributed by atoms with Crippen LogP contribution in [0.3, 0.4) is 0 Å². The average Bonchev–Trinajstić information content (AvgIpc) is 2.92. The summed E-state index contributed by atoms with van der Waals surface area (Å²) < 4.78 is 23.4. The summed E-state index contributed by atoms with van der Waals surface area (Å²) >= 11 is 8.72. The summed E-state index contributed by atoms with van der Waals surface area (Å²) in [5, 5.41) is 2.31. The molecule has 23 heavy (non-hydrogen) atoms. The molecular formula is C15H10BrClFNO4. The van der Waals surface area contributed by atoms with E-state index in [1.165, 1.54) is 18.2 Å². The molecule has 1 N–H and O–H groups in total. The summed E-state index contributed by atoms with van der Waals surface area (Å²) in [4.78, 5) is 23.1. The smallest absolute Gasteiger partial charge is 0.331 e. The van der Waals surface area contributed by atoms with Gasteiger partial charge in [-0.2, -0.15) is 0 Å². The van der Waals surface area contributed by atoms with E-state index in [9.17, 15) is 14.0 Å². The predicted molar refractivity (Wildman–Crippen MR) is 86.4 cm³/mol.